The van der Waals surface area contributed by atoms with Crippen LogP contribution in [0.25, 0.3) is 5.52 Å². The van der Waals surface area contributed by atoms with Gasteiger partial charge in [0.05, 0.1) is 11.2 Å². The molecule has 0 saturated heterocycles. The van der Waals surface area contributed by atoms with Gasteiger partial charge in [-0.25, -0.2) is 4.52 Å². The van der Waals surface area contributed by atoms with Gasteiger partial charge in [-0.2, -0.15) is 5.10 Å². The van der Waals surface area contributed by atoms with E-state index in [4.69, 9.17) is 0 Å². The second-order valence-electron chi connectivity index (χ2n) is 3.80. The molecule has 1 fully saturated rings. The van der Waals surface area contributed by atoms with Crippen LogP contribution in [0.5, 0.6) is 0 Å². The fraction of sp³-hybridized carbons (Fsp3) is 0.364. The van der Waals surface area contributed by atoms with Crippen LogP contribution in [-0.2, 0) is 0 Å². The van der Waals surface area contributed by atoms with Crippen molar-refractivity contribution in [2.24, 2.45) is 0 Å². The average Bonchev–Trinajstić information content (AvgIpc) is 2.88. The van der Waals surface area contributed by atoms with E-state index in [1.54, 1.807) is 0 Å². The van der Waals surface area contributed by atoms with E-state index in [1.807, 2.05) is 16.8 Å². The van der Waals surface area contributed by atoms with Gasteiger partial charge in [-0.05, 0) is 37.8 Å². The summed E-state index contributed by atoms with van der Waals surface area (Å²) in [6.07, 6.45) is 4.71. The van der Waals surface area contributed by atoms with Crippen molar-refractivity contribution in [2.45, 2.75) is 25.7 Å². The normalized spacial score (nSPS) is 16.7. The Morgan fingerprint density at radius 1 is 1.38 bits per heavy atom. The molecule has 1 aliphatic carbocycles. The quantitative estimate of drug-likeness (QED) is 0.646. The van der Waals surface area contributed by atoms with E-state index in [9.17, 15) is 0 Å². The number of hydrogen-bond acceptors (Lipinski definition) is 1. The summed E-state index contributed by atoms with van der Waals surface area (Å²) in [4.78, 5) is 0. The lowest BCUT2D eigenvalue weighted by Crippen LogP contribution is -1.83. The van der Waals surface area contributed by atoms with Crippen molar-refractivity contribution in [3.63, 3.8) is 0 Å². The highest BCUT2D eigenvalue weighted by atomic mass is 15.2. The van der Waals surface area contributed by atoms with Crippen LogP contribution in [0.2, 0.25) is 0 Å². The average molecular weight is 172 g/mol. The summed E-state index contributed by atoms with van der Waals surface area (Å²) in [7, 11) is 0. The van der Waals surface area contributed by atoms with Crippen LogP contribution in [0.3, 0.4) is 0 Å². The topological polar surface area (TPSA) is 17.3 Å². The number of pyridine rings is 1. The molecule has 3 rings (SSSR count). The van der Waals surface area contributed by atoms with Crippen LogP contribution >= 0.6 is 0 Å². The third-order valence-corrected chi connectivity index (χ3v) is 2.75. The first-order valence-corrected chi connectivity index (χ1v) is 4.80. The Bertz CT molecular complexity index is 452. The Hall–Kier alpha value is -1.31. The minimum atomic E-state index is 0.792. The highest BCUT2D eigenvalue weighted by molar-refractivity contribution is 5.59. The molecule has 1 saturated carbocycles. The van der Waals surface area contributed by atoms with Gasteiger partial charge >= 0.3 is 0 Å². The van der Waals surface area contributed by atoms with Crippen molar-refractivity contribution in [3.05, 3.63) is 35.7 Å². The van der Waals surface area contributed by atoms with Gasteiger partial charge in [0.25, 0.3) is 0 Å². The predicted molar refractivity (Wildman–Crippen MR) is 51.9 cm³/mol. The van der Waals surface area contributed by atoms with E-state index in [-0.39, 0.29) is 0 Å². The number of hydrogen-bond donors (Lipinski definition) is 0. The highest BCUT2D eigenvalue weighted by Crippen LogP contribution is 2.43. The Kier molecular flexibility index (Phi) is 1.29. The van der Waals surface area contributed by atoms with Gasteiger partial charge < -0.3 is 0 Å². The van der Waals surface area contributed by atoms with Gasteiger partial charge in [-0.15, -0.1) is 0 Å². The smallest absolute Gasteiger partial charge is 0.0699 e. The number of fused-ring (bicyclic) bond motifs is 1. The van der Waals surface area contributed by atoms with Gasteiger partial charge in [0.15, 0.2) is 0 Å². The molecule has 0 spiro atoms. The standard InChI is InChI=1S/C11H12N2/c1-8-11(9-5-6-9)10-4-2-3-7-13(10)12-8/h2-4,7,9H,5-6H2,1H3. The summed E-state index contributed by atoms with van der Waals surface area (Å²) < 4.78 is 1.99. The number of aromatic nitrogens is 2. The zero-order valence-electron chi connectivity index (χ0n) is 7.70. The molecule has 0 radical (unpaired) electrons. The third kappa shape index (κ3) is 0.981. The van der Waals surface area contributed by atoms with E-state index in [0.717, 1.165) is 5.92 Å². The van der Waals surface area contributed by atoms with Crippen molar-refractivity contribution in [1.82, 2.24) is 9.61 Å². The second-order valence-corrected chi connectivity index (χ2v) is 3.80. The van der Waals surface area contributed by atoms with Crippen molar-refractivity contribution in [3.8, 4) is 0 Å². The molecule has 2 aromatic heterocycles. The van der Waals surface area contributed by atoms with E-state index >= 15 is 0 Å². The van der Waals surface area contributed by atoms with E-state index in [0.29, 0.717) is 0 Å². The van der Waals surface area contributed by atoms with Gasteiger partial charge in [0.1, 0.15) is 0 Å². The van der Waals surface area contributed by atoms with Crippen LogP contribution in [0.1, 0.15) is 30.0 Å². The Balaban J connectivity index is 2.35. The van der Waals surface area contributed by atoms with E-state index in [2.05, 4.69) is 24.2 Å². The molecule has 0 aromatic carbocycles. The molecule has 13 heavy (non-hydrogen) atoms. The molecule has 2 heteroatoms. The maximum atomic E-state index is 4.49. The van der Waals surface area contributed by atoms with Crippen LogP contribution in [0.15, 0.2) is 24.4 Å². The Labute approximate surface area is 77.2 Å². The fourth-order valence-electron chi connectivity index (χ4n) is 2.01. The molecular formula is C11H12N2. The Morgan fingerprint density at radius 3 is 3.00 bits per heavy atom. The van der Waals surface area contributed by atoms with Crippen molar-refractivity contribution >= 4 is 5.52 Å². The summed E-state index contributed by atoms with van der Waals surface area (Å²) in [5, 5.41) is 4.49. The number of rotatable bonds is 1. The Morgan fingerprint density at radius 2 is 2.23 bits per heavy atom. The van der Waals surface area contributed by atoms with Crippen LogP contribution in [0, 0.1) is 6.92 Å². The molecular weight excluding hydrogens is 160 g/mol. The summed E-state index contributed by atoms with van der Waals surface area (Å²) in [5.74, 6) is 0.792. The first kappa shape index (κ1) is 7.13. The van der Waals surface area contributed by atoms with Crippen molar-refractivity contribution in [1.29, 1.82) is 0 Å². The lowest BCUT2D eigenvalue weighted by atomic mass is 10.1. The summed E-state index contributed by atoms with van der Waals surface area (Å²) >= 11 is 0. The SMILES string of the molecule is Cc1nn2ccccc2c1C1CC1. The first-order valence-electron chi connectivity index (χ1n) is 4.80. The molecule has 0 aliphatic heterocycles. The molecule has 66 valence electrons. The van der Waals surface area contributed by atoms with Gasteiger partial charge in [-0.1, -0.05) is 6.07 Å². The van der Waals surface area contributed by atoms with Crippen LogP contribution < -0.4 is 0 Å². The zero-order valence-corrected chi connectivity index (χ0v) is 7.70. The molecule has 1 aliphatic rings. The summed E-state index contributed by atoms with van der Waals surface area (Å²) in [6.45, 7) is 2.11. The molecule has 2 nitrogen and oxygen atoms in total. The lowest BCUT2D eigenvalue weighted by molar-refractivity contribution is 0.932. The summed E-state index contributed by atoms with van der Waals surface area (Å²) in [5.41, 5.74) is 3.97. The largest absolute Gasteiger partial charge is 0.240 e. The maximum absolute atomic E-state index is 4.49. The van der Waals surface area contributed by atoms with Gasteiger partial charge in [0, 0.05) is 11.8 Å². The minimum absolute atomic E-state index is 0.792. The minimum Gasteiger partial charge on any atom is -0.240 e. The third-order valence-electron chi connectivity index (χ3n) is 2.75. The highest BCUT2D eigenvalue weighted by Gasteiger charge is 2.28. The molecule has 0 N–H and O–H groups in total. The molecule has 0 atom stereocenters. The van der Waals surface area contributed by atoms with Gasteiger partial charge in [-0.3, -0.25) is 0 Å². The van der Waals surface area contributed by atoms with Crippen molar-refractivity contribution < 1.29 is 0 Å². The summed E-state index contributed by atoms with van der Waals surface area (Å²) in [6, 6.07) is 6.27. The fourth-order valence-corrected chi connectivity index (χ4v) is 2.01. The molecule has 0 amide bonds. The first-order chi connectivity index (χ1) is 6.36. The molecule has 2 heterocycles. The zero-order chi connectivity index (χ0) is 8.84. The molecule has 0 unspecified atom stereocenters. The number of nitrogens with zero attached hydrogens (tertiary/aromatic N) is 2. The van der Waals surface area contributed by atoms with Crippen LogP contribution in [0.4, 0.5) is 0 Å². The molecule has 0 bridgehead atoms. The van der Waals surface area contributed by atoms with Crippen molar-refractivity contribution in [2.75, 3.05) is 0 Å². The predicted octanol–water partition coefficient (Wildman–Crippen LogP) is 2.52. The second kappa shape index (κ2) is 2.34. The van der Waals surface area contributed by atoms with E-state index < -0.39 is 0 Å². The van der Waals surface area contributed by atoms with E-state index in [1.165, 1.54) is 29.6 Å². The van der Waals surface area contributed by atoms with Gasteiger partial charge in [0.2, 0.25) is 0 Å². The number of aryl methyl sites for hydroxylation is 1. The lowest BCUT2D eigenvalue weighted by Gasteiger charge is -1.94. The van der Waals surface area contributed by atoms with Crippen LogP contribution in [-0.4, -0.2) is 9.61 Å². The monoisotopic (exact) mass is 172 g/mol. The maximum Gasteiger partial charge on any atom is 0.0699 e. The molecule has 2 aromatic rings.